The zero-order valence-electron chi connectivity index (χ0n) is 73.2. The Bertz CT molecular complexity index is 6050. The van der Waals surface area contributed by atoms with Crippen molar-refractivity contribution in [1.29, 1.82) is 0 Å². The van der Waals surface area contributed by atoms with Crippen molar-refractivity contribution in [3.05, 3.63) is 156 Å². The Morgan fingerprint density at radius 1 is 0.478 bits per heavy atom. The molecule has 0 bridgehead atoms. The van der Waals surface area contributed by atoms with Gasteiger partial charge in [0.1, 0.15) is 106 Å². The predicted octanol–water partition coefficient (Wildman–Crippen LogP) is 7.42. The van der Waals surface area contributed by atoms with Crippen molar-refractivity contribution >= 4 is 117 Å². The molecule has 26 atom stereocenters. The number of nitrogens with zero attached hydrogens (tertiary/aromatic N) is 4. The minimum Gasteiger partial charge on any atom is -0.507 e. The van der Waals surface area contributed by atoms with Crippen LogP contribution in [0.15, 0.2) is 101 Å². The summed E-state index contributed by atoms with van der Waals surface area (Å²) in [6.45, 7) is 12.2. The van der Waals surface area contributed by atoms with Crippen molar-refractivity contribution in [3.8, 4) is 46.0 Å². The molecule has 2 saturated carbocycles. The van der Waals surface area contributed by atoms with Gasteiger partial charge in [0.15, 0.2) is 46.0 Å². The number of carbonyl (C=O) groups excluding carboxylic acids is 4. The number of hydrogen-bond acceptors (Lipinski definition) is 42. The van der Waals surface area contributed by atoms with Crippen molar-refractivity contribution in [1.82, 2.24) is 40.9 Å². The van der Waals surface area contributed by atoms with E-state index in [9.17, 15) is 78.3 Å². The van der Waals surface area contributed by atoms with Gasteiger partial charge in [0, 0.05) is 23.3 Å². The summed E-state index contributed by atoms with van der Waals surface area (Å²) in [5, 5.41) is 97.2. The van der Waals surface area contributed by atoms with Gasteiger partial charge in [-0.3, -0.25) is 74.2 Å². The number of aromatic hydroxyl groups is 2. The highest BCUT2D eigenvalue weighted by molar-refractivity contribution is 8.23. The van der Waals surface area contributed by atoms with Gasteiger partial charge in [-0.1, -0.05) is 54.0 Å². The number of rotatable bonds is 10. The molecular weight excluding hydrogens is 1950 g/mol. The normalized spacial score (nSPS) is 37.2. The molecule has 0 spiro atoms. The van der Waals surface area contributed by atoms with Crippen LogP contribution in [0.1, 0.15) is 84.0 Å². The fourth-order valence-electron chi connectivity index (χ4n) is 20.6. The smallest absolute Gasteiger partial charge is 0.507 e. The van der Waals surface area contributed by atoms with E-state index >= 15 is 0 Å². The highest BCUT2D eigenvalue weighted by atomic mass is 32.2. The van der Waals surface area contributed by atoms with Gasteiger partial charge in [-0.05, 0) is 179 Å². The van der Waals surface area contributed by atoms with Crippen LogP contribution in [0.25, 0.3) is 5.57 Å². The molecule has 136 heavy (non-hydrogen) atoms. The number of benzene rings is 4. The van der Waals surface area contributed by atoms with Crippen LogP contribution in [-0.2, 0) is 92.0 Å². The van der Waals surface area contributed by atoms with Gasteiger partial charge in [-0.25, -0.2) is 18.3 Å². The molecule has 10 saturated heterocycles. The summed E-state index contributed by atoms with van der Waals surface area (Å²) in [7, 11) is -12.5. The van der Waals surface area contributed by atoms with Gasteiger partial charge in [-0.15, -0.1) is 0 Å². The molecular formula is C84H92N8O36P4S4. The molecule has 12 N–H and O–H groups in total. The standard InChI is InChI=1S/C23H24NO9P.C23H22NO9P.C19H24N3O9PS2.C19H22N3O9PS2/c2*1-9-4-12(5-10(2)11(9)3)31-34(28)32-20-15(25)6-14-13-7-16-21(30-8-29-16)19(26)17(13)23(27)24-18(14)22(20)33-34;2*1-21-4-22(19(33)34-6-21)5-29-32(26)30-15-10(23)2-9-8-3-11-16(28-7-27-11)14(24)12(8)18(25)20-13(9)17(15)31-32/h4-5,7,14-15,18,20,22,25-26H,6,8H2,1-3H3,(H,24,27);4-7,15,18,20,22,25-26H,8H2,1-3H3,(H,24,27);3,8-10,12-13,15,17,23-24H,2,4-7H2,1H3,(H,20,25);2-3,8,10,12-13,15,17,23-24H,4-7H2,1H3,(H,20,25)/t14-,15+,18-,20-,22+,34?;15-,18+,20+,22-,34?;8?,9-,10+,12?,13-,15-,17+,32?;8?,10-,12?,13+,15+,17-,32?/m1010/s1. The molecule has 4 amide bonds. The second-order valence-corrected chi connectivity index (χ2v) is 45.2. The van der Waals surface area contributed by atoms with Gasteiger partial charge < -0.3 is 119 Å². The number of carbonyl (C=O) groups is 4. The maximum atomic E-state index is 13.4. The highest BCUT2D eigenvalue weighted by Gasteiger charge is 2.66. The third-order valence-corrected chi connectivity index (χ3v) is 36.5. The Hall–Kier alpha value is -8.84. The molecule has 20 aliphatic rings. The average Bonchev–Trinajstić information content (AvgIpc) is 1.64. The number of thiocarbonyl (C=S) groups is 2. The zero-order chi connectivity index (χ0) is 95.4. The summed E-state index contributed by atoms with van der Waals surface area (Å²) >= 11 is 13.6. The summed E-state index contributed by atoms with van der Waals surface area (Å²) in [4.78, 5) is 59.3. The van der Waals surface area contributed by atoms with E-state index < -0.39 is 182 Å². The SMILES string of the molecule is CN1CSC(=S)N(COP2(=O)O[C@@H]3[C@H](O2)[C@@H](O)C=C2C4C=C5OCOC5=C(O)C4C(=O)N[C@H]23)C1.CN1CSC(=S)N(COP2(=O)O[C@H]3[C@@H]4NC(=O)C5C(O)=C6OCOC6=CC5[C@H]4C[C@H](O)[C@H]3O2)C1.Cc1cc(OP2(=O)O[C@@H]3[C@H](O2)[C@@H](O)C=C2c4cc5c(c(O)c4C(=O)N[C@H]23)OCO5)cc(C)c1C.Cc1cc(OP2(=O)O[C@H]3[C@@H]4NC(=O)c5c(cc6c(c5O)OCO6)[C@H]4C[C@H](O)[C@H]3O2)cc(C)c1C. The second-order valence-electron chi connectivity index (χ2n) is 35.8. The van der Waals surface area contributed by atoms with Gasteiger partial charge in [0.05, 0.1) is 72.6 Å². The number of phosphoric ester groups is 4. The first kappa shape index (κ1) is 93.5. The lowest BCUT2D eigenvalue weighted by Crippen LogP contribution is -2.65. The number of phenols is 2. The van der Waals surface area contributed by atoms with E-state index in [1.807, 2.05) is 65.4 Å². The molecule has 8 unspecified atom stereocenters. The maximum Gasteiger partial charge on any atom is 0.530 e. The average molecular weight is 2040 g/mol. The fraction of sp³-hybridized carbons (Fsp3) is 0.500. The molecule has 728 valence electrons. The number of nitrogens with one attached hydrogen (secondary N) is 4. The molecule has 44 nitrogen and oxygen atoms in total. The monoisotopic (exact) mass is 2040 g/mol. The molecule has 14 aliphatic heterocycles. The third-order valence-electron chi connectivity index (χ3n) is 27.4. The summed E-state index contributed by atoms with van der Waals surface area (Å²) in [5.74, 6) is -2.69. The quantitative estimate of drug-likeness (QED) is 0.0417. The van der Waals surface area contributed by atoms with Gasteiger partial charge in [0.2, 0.25) is 62.0 Å². The number of thioether (sulfide) groups is 2. The molecule has 24 rings (SSSR count). The predicted molar refractivity (Wildman–Crippen MR) is 477 cm³/mol. The Labute approximate surface area is 793 Å². The van der Waals surface area contributed by atoms with Crippen molar-refractivity contribution in [3.63, 3.8) is 0 Å². The lowest BCUT2D eigenvalue weighted by molar-refractivity contribution is -0.139. The third kappa shape index (κ3) is 16.4. The molecule has 52 heteroatoms. The molecule has 0 aromatic heterocycles. The lowest BCUT2D eigenvalue weighted by Gasteiger charge is -2.49. The van der Waals surface area contributed by atoms with Crippen LogP contribution in [0.4, 0.5) is 0 Å². The number of aliphatic hydroxyl groups is 6. The number of phosphoric acid groups is 4. The second kappa shape index (κ2) is 35.1. The summed E-state index contributed by atoms with van der Waals surface area (Å²) < 4.78 is 166. The molecule has 0 radical (unpaired) electrons. The van der Waals surface area contributed by atoms with E-state index in [4.69, 9.17) is 117 Å². The summed E-state index contributed by atoms with van der Waals surface area (Å²) in [5.41, 5.74) is 8.04. The van der Waals surface area contributed by atoms with Crippen LogP contribution in [0, 0.1) is 71.1 Å². The minimum absolute atomic E-state index is 0.00125. The first-order chi connectivity index (χ1) is 64.8. The maximum absolute atomic E-state index is 13.4. The highest BCUT2D eigenvalue weighted by Crippen LogP contribution is 2.67. The Kier molecular flexibility index (Phi) is 24.1. The minimum atomic E-state index is -4.12. The number of hydrogen-bond donors (Lipinski definition) is 12. The van der Waals surface area contributed by atoms with Crippen molar-refractivity contribution in [2.75, 3.05) is 79.8 Å². The topological polar surface area (TPSA) is 544 Å². The molecule has 6 aliphatic carbocycles. The molecule has 4 aromatic rings. The lowest BCUT2D eigenvalue weighted by atomic mass is 9.64. The number of amides is 4. The van der Waals surface area contributed by atoms with Gasteiger partial charge >= 0.3 is 31.3 Å². The van der Waals surface area contributed by atoms with E-state index in [-0.39, 0.29) is 122 Å². The van der Waals surface area contributed by atoms with E-state index in [1.54, 1.807) is 64.4 Å². The number of aliphatic hydroxyl groups excluding tert-OH is 6. The Morgan fingerprint density at radius 2 is 0.941 bits per heavy atom. The van der Waals surface area contributed by atoms with Gasteiger partial charge in [-0.2, -0.15) is 0 Å². The van der Waals surface area contributed by atoms with Crippen LogP contribution in [0.5, 0.6) is 46.0 Å². The number of fused-ring (bicyclic) bond motifs is 24. The van der Waals surface area contributed by atoms with Crippen LogP contribution >= 0.6 is 79.3 Å². The number of phenolic OH excluding ortho intramolecular Hbond substituents is 2. The fourth-order valence-corrected chi connectivity index (χ4v) is 28.8. The Balaban J connectivity index is 0.000000108. The van der Waals surface area contributed by atoms with E-state index in [0.717, 1.165) is 45.1 Å². The first-order valence-corrected chi connectivity index (χ1v) is 51.8. The summed E-state index contributed by atoms with van der Waals surface area (Å²) in [6, 6.07) is 7.39. The first-order valence-electron chi connectivity index (χ1n) is 43.2. The largest absolute Gasteiger partial charge is 0.530 e. The number of ether oxygens (including phenoxy) is 8. The van der Waals surface area contributed by atoms with Gasteiger partial charge in [0.25, 0.3) is 11.8 Å². The molecule has 4 aromatic carbocycles. The number of piperidine rings is 2. The van der Waals surface area contributed by atoms with E-state index in [1.165, 1.54) is 29.6 Å². The zero-order valence-corrected chi connectivity index (χ0v) is 80.0. The van der Waals surface area contributed by atoms with E-state index in [0.29, 0.717) is 73.0 Å². The Morgan fingerprint density at radius 3 is 1.54 bits per heavy atom. The van der Waals surface area contributed by atoms with Crippen LogP contribution in [-0.4, -0.2) is 270 Å². The summed E-state index contributed by atoms with van der Waals surface area (Å²) in [6.07, 6.45) is -5.20. The van der Waals surface area contributed by atoms with Crippen LogP contribution < -0.4 is 49.3 Å². The van der Waals surface area contributed by atoms with Crippen LogP contribution in [0.3, 0.4) is 0 Å². The number of aryl methyl sites for hydroxylation is 4. The number of allylic oxidation sites excluding steroid dienone is 2. The van der Waals surface area contributed by atoms with Crippen LogP contribution in [0.2, 0.25) is 0 Å². The van der Waals surface area contributed by atoms with Crippen molar-refractivity contribution in [2.24, 2.45) is 29.6 Å². The molecule has 12 fully saturated rings. The van der Waals surface area contributed by atoms with Crippen molar-refractivity contribution < 1.29 is 170 Å². The van der Waals surface area contributed by atoms with E-state index in [2.05, 4.69) is 21.3 Å². The molecule has 14 heterocycles. The van der Waals surface area contributed by atoms with Crippen molar-refractivity contribution in [2.45, 2.75) is 158 Å².